The topological polar surface area (TPSA) is 32.3 Å². The Labute approximate surface area is 109 Å². The third kappa shape index (κ3) is 2.91. The van der Waals surface area contributed by atoms with Crippen LogP contribution in [-0.2, 0) is 4.79 Å². The third-order valence-electron chi connectivity index (χ3n) is 3.41. The number of hydrogen-bond acceptors (Lipinski definition) is 2. The molecule has 1 heterocycles. The smallest absolute Gasteiger partial charge is 0.227 e. The summed E-state index contributed by atoms with van der Waals surface area (Å²) in [7, 11) is 0. The fourth-order valence-electron chi connectivity index (χ4n) is 2.42. The van der Waals surface area contributed by atoms with Crippen LogP contribution in [0.2, 0.25) is 0 Å². The van der Waals surface area contributed by atoms with Crippen molar-refractivity contribution in [2.75, 3.05) is 24.5 Å². The average molecular weight is 246 g/mol. The Bertz CT molecular complexity index is 415. The lowest BCUT2D eigenvalue weighted by Gasteiger charge is -2.28. The quantitative estimate of drug-likeness (QED) is 0.869. The largest absolute Gasteiger partial charge is 0.315 e. The normalized spacial score (nSPS) is 17.7. The Balaban J connectivity index is 2.30. The van der Waals surface area contributed by atoms with Gasteiger partial charge in [0.05, 0.1) is 0 Å². The van der Waals surface area contributed by atoms with Gasteiger partial charge in [0.15, 0.2) is 0 Å². The maximum absolute atomic E-state index is 12.2. The first-order valence-corrected chi connectivity index (χ1v) is 6.80. The van der Waals surface area contributed by atoms with E-state index in [1.54, 1.807) is 0 Å². The molecule has 0 aromatic heterocycles. The SMILES string of the molecule is CC(C)c1ccccc1N1CCNCCCC1=O. The van der Waals surface area contributed by atoms with Crippen molar-refractivity contribution in [3.8, 4) is 0 Å². The van der Waals surface area contributed by atoms with Crippen LogP contribution >= 0.6 is 0 Å². The molecule has 1 aliphatic rings. The van der Waals surface area contributed by atoms with Crippen LogP contribution in [-0.4, -0.2) is 25.5 Å². The summed E-state index contributed by atoms with van der Waals surface area (Å²) in [5.41, 5.74) is 2.34. The molecule has 0 aliphatic carbocycles. The van der Waals surface area contributed by atoms with E-state index in [1.165, 1.54) is 5.56 Å². The summed E-state index contributed by atoms with van der Waals surface area (Å²) in [5, 5.41) is 3.36. The Morgan fingerprint density at radius 1 is 1.22 bits per heavy atom. The molecule has 3 nitrogen and oxygen atoms in total. The highest BCUT2D eigenvalue weighted by molar-refractivity contribution is 5.94. The van der Waals surface area contributed by atoms with Crippen molar-refractivity contribution in [2.24, 2.45) is 0 Å². The second-order valence-corrected chi connectivity index (χ2v) is 5.11. The number of carbonyl (C=O) groups excluding carboxylic acids is 1. The molecule has 0 spiro atoms. The predicted octanol–water partition coefficient (Wildman–Crippen LogP) is 2.53. The number of carbonyl (C=O) groups is 1. The highest BCUT2D eigenvalue weighted by Gasteiger charge is 2.20. The van der Waals surface area contributed by atoms with Crippen molar-refractivity contribution in [2.45, 2.75) is 32.6 Å². The lowest BCUT2D eigenvalue weighted by Crippen LogP contribution is -2.40. The Morgan fingerprint density at radius 3 is 2.78 bits per heavy atom. The Kier molecular flexibility index (Phi) is 4.37. The summed E-state index contributed by atoms with van der Waals surface area (Å²) in [6.07, 6.45) is 1.57. The average Bonchev–Trinajstić information content (AvgIpc) is 2.34. The summed E-state index contributed by atoms with van der Waals surface area (Å²) in [5.74, 6) is 0.692. The third-order valence-corrected chi connectivity index (χ3v) is 3.41. The van der Waals surface area contributed by atoms with E-state index in [0.29, 0.717) is 12.3 Å². The zero-order valence-electron chi connectivity index (χ0n) is 11.3. The summed E-state index contributed by atoms with van der Waals surface area (Å²) in [4.78, 5) is 14.2. The van der Waals surface area contributed by atoms with Gasteiger partial charge in [0.2, 0.25) is 5.91 Å². The fraction of sp³-hybridized carbons (Fsp3) is 0.533. The van der Waals surface area contributed by atoms with Gasteiger partial charge in [-0.05, 0) is 30.5 Å². The van der Waals surface area contributed by atoms with Crippen LogP contribution in [0.4, 0.5) is 5.69 Å². The van der Waals surface area contributed by atoms with Crippen LogP contribution in [0.15, 0.2) is 24.3 Å². The molecular formula is C15H22N2O. The molecule has 0 atom stereocenters. The number of nitrogens with zero attached hydrogens (tertiary/aromatic N) is 1. The first-order chi connectivity index (χ1) is 8.70. The number of para-hydroxylation sites is 1. The first-order valence-electron chi connectivity index (χ1n) is 6.80. The summed E-state index contributed by atoms with van der Waals surface area (Å²) in [6, 6.07) is 8.25. The van der Waals surface area contributed by atoms with E-state index < -0.39 is 0 Å². The van der Waals surface area contributed by atoms with Gasteiger partial charge in [0.25, 0.3) is 0 Å². The van der Waals surface area contributed by atoms with Gasteiger partial charge in [-0.1, -0.05) is 32.0 Å². The Hall–Kier alpha value is -1.35. The van der Waals surface area contributed by atoms with Gasteiger partial charge in [-0.2, -0.15) is 0 Å². The summed E-state index contributed by atoms with van der Waals surface area (Å²) >= 11 is 0. The molecular weight excluding hydrogens is 224 g/mol. The molecule has 0 bridgehead atoms. The lowest BCUT2D eigenvalue weighted by atomic mass is 10.00. The zero-order valence-corrected chi connectivity index (χ0v) is 11.3. The lowest BCUT2D eigenvalue weighted by molar-refractivity contribution is -0.118. The van der Waals surface area contributed by atoms with E-state index in [9.17, 15) is 4.79 Å². The molecule has 1 aromatic rings. The van der Waals surface area contributed by atoms with E-state index in [1.807, 2.05) is 17.0 Å². The van der Waals surface area contributed by atoms with Crippen molar-refractivity contribution < 1.29 is 4.79 Å². The van der Waals surface area contributed by atoms with Crippen LogP contribution in [0.3, 0.4) is 0 Å². The maximum Gasteiger partial charge on any atom is 0.227 e. The molecule has 0 radical (unpaired) electrons. The summed E-state index contributed by atoms with van der Waals surface area (Å²) in [6.45, 7) is 6.93. The second kappa shape index (κ2) is 6.01. The molecule has 0 unspecified atom stereocenters. The van der Waals surface area contributed by atoms with Gasteiger partial charge in [0, 0.05) is 25.2 Å². The molecule has 1 aromatic carbocycles. The molecule has 2 rings (SSSR count). The van der Waals surface area contributed by atoms with E-state index >= 15 is 0 Å². The van der Waals surface area contributed by atoms with Gasteiger partial charge < -0.3 is 10.2 Å². The minimum Gasteiger partial charge on any atom is -0.315 e. The number of rotatable bonds is 2. The second-order valence-electron chi connectivity index (χ2n) is 5.11. The molecule has 1 saturated heterocycles. The predicted molar refractivity (Wildman–Crippen MR) is 75.0 cm³/mol. The molecule has 1 amide bonds. The van der Waals surface area contributed by atoms with Crippen molar-refractivity contribution in [3.63, 3.8) is 0 Å². The van der Waals surface area contributed by atoms with Crippen molar-refractivity contribution in [1.29, 1.82) is 0 Å². The first kappa shape index (κ1) is 13.1. The molecule has 18 heavy (non-hydrogen) atoms. The molecule has 1 fully saturated rings. The minimum absolute atomic E-state index is 0.254. The molecule has 1 N–H and O–H groups in total. The van der Waals surface area contributed by atoms with Crippen LogP contribution in [0.25, 0.3) is 0 Å². The van der Waals surface area contributed by atoms with Gasteiger partial charge in [0.1, 0.15) is 0 Å². The minimum atomic E-state index is 0.254. The van der Waals surface area contributed by atoms with E-state index in [2.05, 4.69) is 31.3 Å². The maximum atomic E-state index is 12.2. The number of benzene rings is 1. The van der Waals surface area contributed by atoms with Gasteiger partial charge in [-0.25, -0.2) is 0 Å². The number of anilines is 1. The fourth-order valence-corrected chi connectivity index (χ4v) is 2.42. The number of hydrogen-bond donors (Lipinski definition) is 1. The molecule has 3 heteroatoms. The molecule has 98 valence electrons. The molecule has 1 aliphatic heterocycles. The standard InChI is InChI=1S/C15H22N2O/c1-12(2)13-6-3-4-7-14(13)17-11-10-16-9-5-8-15(17)18/h3-4,6-7,12,16H,5,8-11H2,1-2H3. The molecule has 0 saturated carbocycles. The van der Waals surface area contributed by atoms with Gasteiger partial charge >= 0.3 is 0 Å². The highest BCUT2D eigenvalue weighted by Crippen LogP contribution is 2.28. The monoisotopic (exact) mass is 246 g/mol. The van der Waals surface area contributed by atoms with Crippen molar-refractivity contribution >= 4 is 11.6 Å². The van der Waals surface area contributed by atoms with Crippen LogP contribution < -0.4 is 10.2 Å². The summed E-state index contributed by atoms with van der Waals surface area (Å²) < 4.78 is 0. The number of amides is 1. The van der Waals surface area contributed by atoms with E-state index in [0.717, 1.165) is 31.7 Å². The van der Waals surface area contributed by atoms with Crippen LogP contribution in [0.1, 0.15) is 38.2 Å². The van der Waals surface area contributed by atoms with E-state index in [-0.39, 0.29) is 5.91 Å². The number of nitrogens with one attached hydrogen (secondary N) is 1. The Morgan fingerprint density at radius 2 is 2.00 bits per heavy atom. The van der Waals surface area contributed by atoms with Gasteiger partial charge in [-0.15, -0.1) is 0 Å². The van der Waals surface area contributed by atoms with E-state index in [4.69, 9.17) is 0 Å². The highest BCUT2D eigenvalue weighted by atomic mass is 16.2. The van der Waals surface area contributed by atoms with Crippen LogP contribution in [0.5, 0.6) is 0 Å². The zero-order chi connectivity index (χ0) is 13.0. The van der Waals surface area contributed by atoms with Crippen molar-refractivity contribution in [3.05, 3.63) is 29.8 Å². The van der Waals surface area contributed by atoms with Crippen LogP contribution in [0, 0.1) is 0 Å². The van der Waals surface area contributed by atoms with Crippen molar-refractivity contribution in [1.82, 2.24) is 5.32 Å². The van der Waals surface area contributed by atoms with Gasteiger partial charge in [-0.3, -0.25) is 4.79 Å².